The van der Waals surface area contributed by atoms with Crippen molar-refractivity contribution in [2.24, 2.45) is 0 Å². The summed E-state index contributed by atoms with van der Waals surface area (Å²) < 4.78 is 3.69. The molecule has 1 rings (SSSR count). The number of aromatic nitrogens is 2. The van der Waals surface area contributed by atoms with Gasteiger partial charge in [-0.2, -0.15) is 0 Å². The molecule has 0 spiro atoms. The zero-order valence-electron chi connectivity index (χ0n) is 6.70. The van der Waals surface area contributed by atoms with Crippen LogP contribution in [0, 0.1) is 0 Å². The molecule has 1 aromatic rings. The SMILES string of the molecule is CNC(=O)CNCc1csnn1. The Labute approximate surface area is 74.3 Å². The first-order chi connectivity index (χ1) is 5.83. The van der Waals surface area contributed by atoms with Crippen molar-refractivity contribution in [2.75, 3.05) is 13.6 Å². The highest BCUT2D eigenvalue weighted by atomic mass is 32.1. The Morgan fingerprint density at radius 3 is 3.17 bits per heavy atom. The Morgan fingerprint density at radius 2 is 2.58 bits per heavy atom. The van der Waals surface area contributed by atoms with Crippen LogP contribution in [0.3, 0.4) is 0 Å². The Kier molecular flexibility index (Phi) is 3.62. The van der Waals surface area contributed by atoms with Crippen LogP contribution in [-0.4, -0.2) is 29.1 Å². The van der Waals surface area contributed by atoms with E-state index in [-0.39, 0.29) is 5.91 Å². The van der Waals surface area contributed by atoms with Gasteiger partial charge in [0.05, 0.1) is 12.2 Å². The van der Waals surface area contributed by atoms with Gasteiger partial charge < -0.3 is 10.6 Å². The summed E-state index contributed by atoms with van der Waals surface area (Å²) in [6.45, 7) is 0.901. The van der Waals surface area contributed by atoms with Crippen molar-refractivity contribution in [1.29, 1.82) is 0 Å². The fraction of sp³-hybridized carbons (Fsp3) is 0.500. The van der Waals surface area contributed by atoms with Crippen LogP contribution in [-0.2, 0) is 11.3 Å². The van der Waals surface area contributed by atoms with E-state index >= 15 is 0 Å². The van der Waals surface area contributed by atoms with Crippen LogP contribution < -0.4 is 10.6 Å². The van der Waals surface area contributed by atoms with Crippen molar-refractivity contribution in [3.8, 4) is 0 Å². The van der Waals surface area contributed by atoms with Crippen molar-refractivity contribution in [2.45, 2.75) is 6.54 Å². The molecule has 0 atom stereocenters. The second-order valence-electron chi connectivity index (χ2n) is 2.17. The molecule has 66 valence electrons. The first-order valence-electron chi connectivity index (χ1n) is 3.50. The molecule has 5 nitrogen and oxygen atoms in total. The van der Waals surface area contributed by atoms with E-state index in [9.17, 15) is 4.79 Å². The molecule has 12 heavy (non-hydrogen) atoms. The summed E-state index contributed by atoms with van der Waals surface area (Å²) in [6, 6.07) is 0. The summed E-state index contributed by atoms with van der Waals surface area (Å²) in [5.74, 6) is -0.0295. The van der Waals surface area contributed by atoms with Crippen LogP contribution in [0.4, 0.5) is 0 Å². The minimum absolute atomic E-state index is 0.0295. The molecular formula is C6H10N4OS. The summed E-state index contributed by atoms with van der Waals surface area (Å²) in [5, 5.41) is 11.1. The zero-order valence-corrected chi connectivity index (χ0v) is 7.52. The maximum atomic E-state index is 10.7. The van der Waals surface area contributed by atoms with Gasteiger partial charge in [-0.1, -0.05) is 4.49 Å². The molecule has 0 saturated heterocycles. The summed E-state index contributed by atoms with van der Waals surface area (Å²) in [6.07, 6.45) is 0. The largest absolute Gasteiger partial charge is 0.358 e. The molecule has 0 saturated carbocycles. The lowest BCUT2D eigenvalue weighted by Gasteiger charge is -1.99. The summed E-state index contributed by atoms with van der Waals surface area (Å²) >= 11 is 1.30. The molecule has 0 aliphatic rings. The van der Waals surface area contributed by atoms with Crippen LogP contribution >= 0.6 is 11.5 Å². The lowest BCUT2D eigenvalue weighted by molar-refractivity contribution is -0.119. The minimum atomic E-state index is -0.0295. The highest BCUT2D eigenvalue weighted by Crippen LogP contribution is 1.94. The zero-order chi connectivity index (χ0) is 8.81. The van der Waals surface area contributed by atoms with E-state index in [0.29, 0.717) is 13.1 Å². The number of carbonyl (C=O) groups excluding carboxylic acids is 1. The van der Waals surface area contributed by atoms with Gasteiger partial charge in [0.2, 0.25) is 5.91 Å². The molecule has 1 amide bonds. The van der Waals surface area contributed by atoms with Gasteiger partial charge in [0, 0.05) is 19.0 Å². The topological polar surface area (TPSA) is 66.9 Å². The van der Waals surface area contributed by atoms with E-state index in [1.54, 1.807) is 7.05 Å². The first-order valence-corrected chi connectivity index (χ1v) is 4.34. The maximum Gasteiger partial charge on any atom is 0.233 e. The first kappa shape index (κ1) is 9.08. The van der Waals surface area contributed by atoms with Crippen molar-refractivity contribution in [3.63, 3.8) is 0 Å². The fourth-order valence-corrected chi connectivity index (χ4v) is 1.10. The van der Waals surface area contributed by atoms with Crippen LogP contribution in [0.5, 0.6) is 0 Å². The van der Waals surface area contributed by atoms with Crippen molar-refractivity contribution >= 4 is 17.4 Å². The average Bonchev–Trinajstić information content (AvgIpc) is 2.57. The molecule has 1 heterocycles. The Bertz CT molecular complexity index is 236. The summed E-state index contributed by atoms with van der Waals surface area (Å²) in [4.78, 5) is 10.7. The number of rotatable bonds is 4. The second kappa shape index (κ2) is 4.78. The van der Waals surface area contributed by atoms with Gasteiger partial charge >= 0.3 is 0 Å². The molecule has 2 N–H and O–H groups in total. The predicted octanol–water partition coefficient (Wildman–Crippen LogP) is -0.626. The van der Waals surface area contributed by atoms with Gasteiger partial charge in [0.1, 0.15) is 0 Å². The van der Waals surface area contributed by atoms with Gasteiger partial charge in [-0.05, 0) is 11.5 Å². The number of nitrogens with one attached hydrogen (secondary N) is 2. The highest BCUT2D eigenvalue weighted by molar-refractivity contribution is 7.03. The van der Waals surface area contributed by atoms with Gasteiger partial charge in [-0.15, -0.1) is 5.10 Å². The predicted molar refractivity (Wildman–Crippen MR) is 45.7 cm³/mol. The normalized spacial score (nSPS) is 9.75. The van der Waals surface area contributed by atoms with Crippen molar-refractivity contribution in [3.05, 3.63) is 11.1 Å². The molecule has 6 heteroatoms. The van der Waals surface area contributed by atoms with E-state index in [1.807, 2.05) is 5.38 Å². The van der Waals surface area contributed by atoms with E-state index in [1.165, 1.54) is 11.5 Å². The van der Waals surface area contributed by atoms with Crippen LogP contribution in [0.15, 0.2) is 5.38 Å². The third-order valence-electron chi connectivity index (χ3n) is 1.28. The Hall–Kier alpha value is -1.01. The number of likely N-dealkylation sites (N-methyl/N-ethyl adjacent to an activating group) is 1. The lowest BCUT2D eigenvalue weighted by Crippen LogP contribution is -2.31. The average molecular weight is 186 g/mol. The van der Waals surface area contributed by atoms with Crippen LogP contribution in [0.2, 0.25) is 0 Å². The quantitative estimate of drug-likeness (QED) is 0.657. The summed E-state index contributed by atoms with van der Waals surface area (Å²) in [7, 11) is 1.61. The fourth-order valence-electron chi connectivity index (χ4n) is 0.653. The van der Waals surface area contributed by atoms with Gasteiger partial charge in [0.15, 0.2) is 0 Å². The number of hydrogen-bond donors (Lipinski definition) is 2. The smallest absolute Gasteiger partial charge is 0.233 e. The highest BCUT2D eigenvalue weighted by Gasteiger charge is 1.98. The van der Waals surface area contributed by atoms with Crippen LogP contribution in [0.25, 0.3) is 0 Å². The van der Waals surface area contributed by atoms with Gasteiger partial charge in [-0.25, -0.2) is 0 Å². The van der Waals surface area contributed by atoms with Crippen molar-refractivity contribution in [1.82, 2.24) is 20.2 Å². The number of hydrogen-bond acceptors (Lipinski definition) is 5. The summed E-state index contributed by atoms with van der Waals surface area (Å²) in [5.41, 5.74) is 0.865. The number of carbonyl (C=O) groups is 1. The van der Waals surface area contributed by atoms with Gasteiger partial charge in [-0.3, -0.25) is 4.79 Å². The molecule has 0 unspecified atom stereocenters. The number of nitrogens with zero attached hydrogens (tertiary/aromatic N) is 2. The molecule has 0 bridgehead atoms. The van der Waals surface area contributed by atoms with Crippen molar-refractivity contribution < 1.29 is 4.79 Å². The molecular weight excluding hydrogens is 176 g/mol. The minimum Gasteiger partial charge on any atom is -0.358 e. The molecule has 0 fully saturated rings. The van der Waals surface area contributed by atoms with E-state index in [4.69, 9.17) is 0 Å². The third kappa shape index (κ3) is 2.93. The van der Waals surface area contributed by atoms with Crippen LogP contribution in [0.1, 0.15) is 5.69 Å². The monoisotopic (exact) mass is 186 g/mol. The molecule has 0 aliphatic carbocycles. The van der Waals surface area contributed by atoms with Gasteiger partial charge in [0.25, 0.3) is 0 Å². The lowest BCUT2D eigenvalue weighted by atomic mass is 10.5. The van der Waals surface area contributed by atoms with E-state index in [0.717, 1.165) is 5.69 Å². The molecule has 0 aromatic carbocycles. The van der Waals surface area contributed by atoms with E-state index < -0.39 is 0 Å². The number of amides is 1. The molecule has 0 aliphatic heterocycles. The Balaban J connectivity index is 2.15. The maximum absolute atomic E-state index is 10.7. The van der Waals surface area contributed by atoms with E-state index in [2.05, 4.69) is 20.2 Å². The molecule has 1 aromatic heterocycles. The third-order valence-corrected chi connectivity index (χ3v) is 1.83. The molecule has 0 radical (unpaired) electrons. The Morgan fingerprint density at radius 1 is 1.75 bits per heavy atom. The second-order valence-corrected chi connectivity index (χ2v) is 2.78. The standard InChI is InChI=1S/C6H10N4OS/c1-7-6(11)3-8-2-5-4-12-10-9-5/h4,8H,2-3H2,1H3,(H,7,11).